The first-order chi connectivity index (χ1) is 17.0. The van der Waals surface area contributed by atoms with E-state index in [-0.39, 0.29) is 30.7 Å². The second kappa shape index (κ2) is 10.7. The molecule has 0 radical (unpaired) electrons. The number of rotatable bonds is 8. The molecule has 3 aromatic rings. The van der Waals surface area contributed by atoms with Crippen molar-refractivity contribution >= 4 is 29.1 Å². The number of carbonyl (C=O) groups is 3. The zero-order chi connectivity index (χ0) is 24.8. The van der Waals surface area contributed by atoms with Crippen LogP contribution in [-0.2, 0) is 16.1 Å². The molecule has 0 unspecified atom stereocenters. The van der Waals surface area contributed by atoms with Crippen molar-refractivity contribution in [3.05, 3.63) is 83.9 Å². The number of ether oxygens (including phenoxy) is 2. The maximum atomic E-state index is 13.0. The molecular weight excluding hydrogens is 446 g/mol. The fourth-order valence-electron chi connectivity index (χ4n) is 3.98. The molecule has 0 spiro atoms. The van der Waals surface area contributed by atoms with E-state index in [1.165, 1.54) is 0 Å². The van der Waals surface area contributed by atoms with Gasteiger partial charge in [0.05, 0.1) is 31.4 Å². The number of carbonyl (C=O) groups excluding carboxylic acids is 3. The molecule has 1 aliphatic rings. The number of anilines is 2. The quantitative estimate of drug-likeness (QED) is 0.521. The Kier molecular flexibility index (Phi) is 7.30. The molecule has 1 saturated heterocycles. The van der Waals surface area contributed by atoms with Crippen LogP contribution in [0.3, 0.4) is 0 Å². The Morgan fingerprint density at radius 2 is 1.69 bits per heavy atom. The summed E-state index contributed by atoms with van der Waals surface area (Å²) in [6.45, 7) is 0.577. The summed E-state index contributed by atoms with van der Waals surface area (Å²) in [5.41, 5.74) is 2.35. The molecule has 8 nitrogen and oxygen atoms in total. The van der Waals surface area contributed by atoms with Crippen molar-refractivity contribution in [1.82, 2.24) is 5.32 Å². The van der Waals surface area contributed by atoms with Gasteiger partial charge in [-0.2, -0.15) is 0 Å². The van der Waals surface area contributed by atoms with Gasteiger partial charge in [-0.1, -0.05) is 24.3 Å². The average molecular weight is 474 g/mol. The van der Waals surface area contributed by atoms with Crippen LogP contribution in [0, 0.1) is 5.92 Å². The van der Waals surface area contributed by atoms with E-state index in [1.54, 1.807) is 67.7 Å². The highest BCUT2D eigenvalue weighted by atomic mass is 16.5. The smallest absolute Gasteiger partial charge is 0.253 e. The first-order valence-electron chi connectivity index (χ1n) is 11.2. The van der Waals surface area contributed by atoms with Gasteiger partial charge in [-0.25, -0.2) is 0 Å². The number of hydrogen-bond donors (Lipinski definition) is 2. The molecular formula is C27H27N3O5. The molecule has 0 bridgehead atoms. The Bertz CT molecular complexity index is 1230. The maximum Gasteiger partial charge on any atom is 0.253 e. The number of methoxy groups -OCH3 is 2. The SMILES string of the molecule is COc1ccc(N2C[C@H](C(=O)Nc3ccccc3C(=O)NCc3cccc(OC)c3)CC2=O)cc1. The second-order valence-electron chi connectivity index (χ2n) is 8.17. The predicted molar refractivity (Wildman–Crippen MR) is 133 cm³/mol. The third-order valence-corrected chi connectivity index (χ3v) is 5.90. The van der Waals surface area contributed by atoms with Crippen LogP contribution in [-0.4, -0.2) is 38.5 Å². The molecule has 2 N–H and O–H groups in total. The third-order valence-electron chi connectivity index (χ3n) is 5.90. The first-order valence-corrected chi connectivity index (χ1v) is 11.2. The van der Waals surface area contributed by atoms with E-state index >= 15 is 0 Å². The number of para-hydroxylation sites is 1. The number of benzene rings is 3. The summed E-state index contributed by atoms with van der Waals surface area (Å²) in [7, 11) is 3.16. The lowest BCUT2D eigenvalue weighted by atomic mass is 10.1. The minimum absolute atomic E-state index is 0.0993. The van der Waals surface area contributed by atoms with E-state index in [9.17, 15) is 14.4 Å². The van der Waals surface area contributed by atoms with Crippen molar-refractivity contribution in [2.45, 2.75) is 13.0 Å². The fourth-order valence-corrected chi connectivity index (χ4v) is 3.98. The van der Waals surface area contributed by atoms with Crippen LogP contribution in [0.2, 0.25) is 0 Å². The van der Waals surface area contributed by atoms with Crippen molar-refractivity contribution in [2.75, 3.05) is 31.0 Å². The topological polar surface area (TPSA) is 97.0 Å². The Balaban J connectivity index is 1.40. The molecule has 8 heteroatoms. The summed E-state index contributed by atoms with van der Waals surface area (Å²) in [5.74, 6) is 0.126. The molecule has 1 aliphatic heterocycles. The molecule has 180 valence electrons. The zero-order valence-electron chi connectivity index (χ0n) is 19.6. The summed E-state index contributed by atoms with van der Waals surface area (Å²) >= 11 is 0. The Morgan fingerprint density at radius 3 is 2.43 bits per heavy atom. The molecule has 0 aromatic heterocycles. The average Bonchev–Trinajstić information content (AvgIpc) is 3.29. The molecule has 1 atom stereocenters. The molecule has 4 rings (SSSR count). The van der Waals surface area contributed by atoms with Gasteiger partial charge in [-0.3, -0.25) is 14.4 Å². The van der Waals surface area contributed by atoms with Gasteiger partial charge in [-0.05, 0) is 54.1 Å². The minimum Gasteiger partial charge on any atom is -0.497 e. The van der Waals surface area contributed by atoms with Gasteiger partial charge in [0.1, 0.15) is 11.5 Å². The summed E-state index contributed by atoms with van der Waals surface area (Å²) < 4.78 is 10.4. The minimum atomic E-state index is -0.530. The lowest BCUT2D eigenvalue weighted by Crippen LogP contribution is -2.29. The van der Waals surface area contributed by atoms with E-state index in [1.807, 2.05) is 24.3 Å². The van der Waals surface area contributed by atoms with E-state index in [0.717, 1.165) is 5.56 Å². The van der Waals surface area contributed by atoms with Crippen molar-refractivity contribution in [3.8, 4) is 11.5 Å². The van der Waals surface area contributed by atoms with Gasteiger partial charge in [0.25, 0.3) is 5.91 Å². The zero-order valence-corrected chi connectivity index (χ0v) is 19.6. The van der Waals surface area contributed by atoms with Crippen LogP contribution in [0.25, 0.3) is 0 Å². The summed E-state index contributed by atoms with van der Waals surface area (Å²) in [4.78, 5) is 40.1. The molecule has 3 aromatic carbocycles. The van der Waals surface area contributed by atoms with Gasteiger partial charge in [0, 0.05) is 25.2 Å². The third kappa shape index (κ3) is 5.60. The lowest BCUT2D eigenvalue weighted by molar-refractivity contribution is -0.122. The van der Waals surface area contributed by atoms with Crippen molar-refractivity contribution in [1.29, 1.82) is 0 Å². The lowest BCUT2D eigenvalue weighted by Gasteiger charge is -2.17. The molecule has 35 heavy (non-hydrogen) atoms. The van der Waals surface area contributed by atoms with Gasteiger partial charge < -0.3 is 25.0 Å². The van der Waals surface area contributed by atoms with Crippen LogP contribution in [0.1, 0.15) is 22.3 Å². The van der Waals surface area contributed by atoms with E-state index in [0.29, 0.717) is 35.0 Å². The van der Waals surface area contributed by atoms with Crippen LogP contribution in [0.4, 0.5) is 11.4 Å². The predicted octanol–water partition coefficient (Wildman–Crippen LogP) is 3.63. The monoisotopic (exact) mass is 473 g/mol. The first kappa shape index (κ1) is 23.8. The van der Waals surface area contributed by atoms with Crippen LogP contribution in [0.5, 0.6) is 11.5 Å². The highest BCUT2D eigenvalue weighted by Gasteiger charge is 2.35. The Labute approximate surface area is 203 Å². The molecule has 1 fully saturated rings. The largest absolute Gasteiger partial charge is 0.497 e. The maximum absolute atomic E-state index is 13.0. The molecule has 0 aliphatic carbocycles. The van der Waals surface area contributed by atoms with Crippen molar-refractivity contribution in [3.63, 3.8) is 0 Å². The number of amides is 3. The van der Waals surface area contributed by atoms with Gasteiger partial charge in [0.2, 0.25) is 11.8 Å². The molecule has 1 heterocycles. The van der Waals surface area contributed by atoms with E-state index < -0.39 is 5.92 Å². The molecule has 0 saturated carbocycles. The van der Waals surface area contributed by atoms with Crippen molar-refractivity contribution in [2.24, 2.45) is 5.92 Å². The highest BCUT2D eigenvalue weighted by molar-refractivity contribution is 6.07. The Hall–Kier alpha value is -4.33. The standard InChI is InChI=1S/C27H27N3O5/c1-34-21-12-10-20(11-13-21)30-17-19(15-25(30)31)26(32)29-24-9-4-3-8-23(24)27(33)28-16-18-6-5-7-22(14-18)35-2/h3-14,19H,15-17H2,1-2H3,(H,28,33)(H,29,32)/t19-/m1/s1. The van der Waals surface area contributed by atoms with E-state index in [2.05, 4.69) is 10.6 Å². The van der Waals surface area contributed by atoms with E-state index in [4.69, 9.17) is 9.47 Å². The van der Waals surface area contributed by atoms with Gasteiger partial charge >= 0.3 is 0 Å². The Morgan fingerprint density at radius 1 is 0.943 bits per heavy atom. The number of hydrogen-bond acceptors (Lipinski definition) is 5. The fraction of sp³-hybridized carbons (Fsp3) is 0.222. The van der Waals surface area contributed by atoms with Crippen molar-refractivity contribution < 1.29 is 23.9 Å². The second-order valence-corrected chi connectivity index (χ2v) is 8.17. The summed E-state index contributed by atoms with van der Waals surface area (Å²) in [6, 6.07) is 21.4. The summed E-state index contributed by atoms with van der Waals surface area (Å²) in [6.07, 6.45) is 0.0993. The molecule has 3 amide bonds. The van der Waals surface area contributed by atoms with Crippen LogP contribution in [0.15, 0.2) is 72.8 Å². The number of nitrogens with one attached hydrogen (secondary N) is 2. The van der Waals surface area contributed by atoms with Gasteiger partial charge in [0.15, 0.2) is 0 Å². The normalized spacial score (nSPS) is 15.0. The van der Waals surface area contributed by atoms with Crippen LogP contribution >= 0.6 is 0 Å². The van der Waals surface area contributed by atoms with Crippen LogP contribution < -0.4 is 25.0 Å². The highest BCUT2D eigenvalue weighted by Crippen LogP contribution is 2.28. The summed E-state index contributed by atoms with van der Waals surface area (Å²) in [5, 5.41) is 5.72. The van der Waals surface area contributed by atoms with Gasteiger partial charge in [-0.15, -0.1) is 0 Å². The number of nitrogens with zero attached hydrogens (tertiary/aromatic N) is 1.